The number of para-hydroxylation sites is 2. The molecule has 2 aromatic carbocycles. The Labute approximate surface area is 155 Å². The fourth-order valence-electron chi connectivity index (χ4n) is 2.33. The molecule has 3 aromatic rings. The molecule has 0 spiro atoms. The number of benzene rings is 2. The summed E-state index contributed by atoms with van der Waals surface area (Å²) in [5.41, 5.74) is -0.766. The summed E-state index contributed by atoms with van der Waals surface area (Å²) in [6.07, 6.45) is -1.70. The Balaban J connectivity index is 2.06. The third-order valence-corrected chi connectivity index (χ3v) is 5.26. The highest BCUT2D eigenvalue weighted by Gasteiger charge is 2.37. The molecule has 0 atom stereocenters. The van der Waals surface area contributed by atoms with Gasteiger partial charge in [0.25, 0.3) is 10.0 Å². The first-order chi connectivity index (χ1) is 12.2. The molecule has 0 saturated carbocycles. The Bertz CT molecular complexity index is 1050. The number of rotatable bonds is 4. The molecule has 0 fully saturated rings. The lowest BCUT2D eigenvalue weighted by atomic mass is 10.2. The number of aromatic nitrogens is 2. The highest BCUT2D eigenvalue weighted by Crippen LogP contribution is 2.35. The molecule has 0 bridgehead atoms. The fraction of sp³-hybridized carbons (Fsp3) is 0.0625. The van der Waals surface area contributed by atoms with Crippen molar-refractivity contribution >= 4 is 31.6 Å². The molecule has 5 nitrogen and oxygen atoms in total. The number of hydrogen-bond acceptors (Lipinski definition) is 3. The topological polar surface area (TPSA) is 64.0 Å². The van der Waals surface area contributed by atoms with E-state index in [1.165, 1.54) is 23.0 Å². The van der Waals surface area contributed by atoms with E-state index in [9.17, 15) is 21.6 Å². The zero-order valence-corrected chi connectivity index (χ0v) is 15.3. The number of nitrogens with one attached hydrogen (secondary N) is 1. The van der Waals surface area contributed by atoms with E-state index in [0.29, 0.717) is 10.2 Å². The SMILES string of the molecule is O=S(=O)(Nc1ccccc1-n1cc(Br)cn1)c1ccccc1C(F)(F)F. The Kier molecular flexibility index (Phi) is 4.80. The summed E-state index contributed by atoms with van der Waals surface area (Å²) in [5.74, 6) is 0. The lowest BCUT2D eigenvalue weighted by molar-refractivity contribution is -0.139. The van der Waals surface area contributed by atoms with Gasteiger partial charge in [-0.05, 0) is 40.2 Å². The summed E-state index contributed by atoms with van der Waals surface area (Å²) < 4.78 is 69.0. The van der Waals surface area contributed by atoms with Crippen LogP contribution in [0.1, 0.15) is 5.56 Å². The molecule has 0 unspecified atom stereocenters. The van der Waals surface area contributed by atoms with Crippen LogP contribution in [-0.4, -0.2) is 18.2 Å². The van der Waals surface area contributed by atoms with Crippen LogP contribution in [0.3, 0.4) is 0 Å². The number of halogens is 4. The van der Waals surface area contributed by atoms with Crippen LogP contribution < -0.4 is 4.72 Å². The molecule has 1 aromatic heterocycles. The van der Waals surface area contributed by atoms with Crippen molar-refractivity contribution in [2.45, 2.75) is 11.1 Å². The minimum Gasteiger partial charge on any atom is -0.277 e. The molecule has 0 amide bonds. The molecular weight excluding hydrogens is 435 g/mol. The molecule has 1 heterocycles. The largest absolute Gasteiger partial charge is 0.417 e. The van der Waals surface area contributed by atoms with Gasteiger partial charge in [-0.3, -0.25) is 4.72 Å². The Morgan fingerprint density at radius 3 is 2.35 bits per heavy atom. The monoisotopic (exact) mass is 445 g/mol. The van der Waals surface area contributed by atoms with Crippen LogP contribution in [0.25, 0.3) is 5.69 Å². The second-order valence-electron chi connectivity index (χ2n) is 5.22. The third kappa shape index (κ3) is 3.75. The van der Waals surface area contributed by atoms with Gasteiger partial charge >= 0.3 is 6.18 Å². The minimum absolute atomic E-state index is 0.0973. The van der Waals surface area contributed by atoms with Gasteiger partial charge in [-0.25, -0.2) is 13.1 Å². The van der Waals surface area contributed by atoms with E-state index < -0.39 is 26.7 Å². The number of anilines is 1. The fourth-order valence-corrected chi connectivity index (χ4v) is 3.92. The van der Waals surface area contributed by atoms with Gasteiger partial charge in [-0.15, -0.1) is 0 Å². The van der Waals surface area contributed by atoms with Crippen molar-refractivity contribution < 1.29 is 21.6 Å². The summed E-state index contributed by atoms with van der Waals surface area (Å²) in [5, 5.41) is 4.06. The summed E-state index contributed by atoms with van der Waals surface area (Å²) in [7, 11) is -4.47. The van der Waals surface area contributed by atoms with Crippen molar-refractivity contribution in [1.29, 1.82) is 0 Å². The van der Waals surface area contributed by atoms with Gasteiger partial charge < -0.3 is 0 Å². The van der Waals surface area contributed by atoms with Gasteiger partial charge in [-0.2, -0.15) is 18.3 Å². The van der Waals surface area contributed by atoms with E-state index in [-0.39, 0.29) is 5.69 Å². The average Bonchev–Trinajstić information content (AvgIpc) is 3.00. The van der Waals surface area contributed by atoms with Crippen molar-refractivity contribution in [3.63, 3.8) is 0 Å². The van der Waals surface area contributed by atoms with Crippen LogP contribution in [0, 0.1) is 0 Å². The van der Waals surface area contributed by atoms with Gasteiger partial charge in [-0.1, -0.05) is 24.3 Å². The van der Waals surface area contributed by atoms with Crippen LogP contribution in [-0.2, 0) is 16.2 Å². The Morgan fingerprint density at radius 1 is 1.04 bits per heavy atom. The summed E-state index contributed by atoms with van der Waals surface area (Å²) in [6.45, 7) is 0. The zero-order valence-electron chi connectivity index (χ0n) is 12.9. The molecule has 3 rings (SSSR count). The van der Waals surface area contributed by atoms with Crippen LogP contribution in [0.2, 0.25) is 0 Å². The van der Waals surface area contributed by atoms with Gasteiger partial charge in [0.05, 0.1) is 32.5 Å². The van der Waals surface area contributed by atoms with E-state index in [1.54, 1.807) is 24.4 Å². The molecule has 1 N–H and O–H groups in total. The summed E-state index contributed by atoms with van der Waals surface area (Å²) in [6, 6.07) is 10.3. The summed E-state index contributed by atoms with van der Waals surface area (Å²) >= 11 is 3.24. The summed E-state index contributed by atoms with van der Waals surface area (Å²) in [4.78, 5) is -0.844. The zero-order chi connectivity index (χ0) is 18.9. The lowest BCUT2D eigenvalue weighted by Crippen LogP contribution is -2.19. The number of nitrogens with zero attached hydrogens (tertiary/aromatic N) is 2. The third-order valence-electron chi connectivity index (χ3n) is 3.43. The minimum atomic E-state index is -4.79. The second-order valence-corrected chi connectivity index (χ2v) is 7.79. The number of sulfonamides is 1. The van der Waals surface area contributed by atoms with Crippen molar-refractivity contribution in [2.75, 3.05) is 4.72 Å². The van der Waals surface area contributed by atoms with E-state index in [1.807, 2.05) is 0 Å². The molecule has 26 heavy (non-hydrogen) atoms. The van der Waals surface area contributed by atoms with E-state index in [0.717, 1.165) is 18.2 Å². The molecule has 0 aliphatic heterocycles. The maximum Gasteiger partial charge on any atom is 0.417 e. The van der Waals surface area contributed by atoms with E-state index in [2.05, 4.69) is 25.8 Å². The van der Waals surface area contributed by atoms with E-state index in [4.69, 9.17) is 0 Å². The van der Waals surface area contributed by atoms with Gasteiger partial charge in [0.2, 0.25) is 0 Å². The van der Waals surface area contributed by atoms with Crippen molar-refractivity contribution in [3.05, 3.63) is 71.0 Å². The first-order valence-corrected chi connectivity index (χ1v) is 9.45. The van der Waals surface area contributed by atoms with E-state index >= 15 is 0 Å². The molecule has 0 radical (unpaired) electrons. The highest BCUT2D eigenvalue weighted by atomic mass is 79.9. The molecule has 0 aliphatic carbocycles. The normalized spacial score (nSPS) is 12.2. The Morgan fingerprint density at radius 2 is 1.69 bits per heavy atom. The van der Waals surface area contributed by atoms with Crippen molar-refractivity contribution in [3.8, 4) is 5.69 Å². The molecule has 0 saturated heterocycles. The maximum atomic E-state index is 13.2. The van der Waals surface area contributed by atoms with Crippen LogP contribution in [0.15, 0.2) is 70.3 Å². The second kappa shape index (κ2) is 6.76. The smallest absolute Gasteiger partial charge is 0.277 e. The quantitative estimate of drug-likeness (QED) is 0.644. The number of hydrogen-bond donors (Lipinski definition) is 1. The van der Waals surface area contributed by atoms with Gasteiger partial charge in [0.1, 0.15) is 0 Å². The van der Waals surface area contributed by atoms with Gasteiger partial charge in [0, 0.05) is 6.20 Å². The lowest BCUT2D eigenvalue weighted by Gasteiger charge is -2.16. The first-order valence-electron chi connectivity index (χ1n) is 7.17. The maximum absolute atomic E-state index is 13.2. The van der Waals surface area contributed by atoms with Crippen LogP contribution >= 0.6 is 15.9 Å². The standard InChI is InChI=1S/C16H11BrF3N3O2S/c17-11-9-21-23(10-11)14-7-3-2-6-13(14)22-26(24,25)15-8-4-1-5-12(15)16(18,19)20/h1-10,22H. The Hall–Kier alpha value is -2.33. The highest BCUT2D eigenvalue weighted by molar-refractivity contribution is 9.10. The first kappa shape index (κ1) is 18.5. The molecule has 136 valence electrons. The molecule has 0 aliphatic rings. The van der Waals surface area contributed by atoms with Crippen molar-refractivity contribution in [2.24, 2.45) is 0 Å². The average molecular weight is 446 g/mol. The predicted molar refractivity (Wildman–Crippen MR) is 93.5 cm³/mol. The molecular formula is C16H11BrF3N3O2S. The molecule has 10 heteroatoms. The van der Waals surface area contributed by atoms with Gasteiger partial charge in [0.15, 0.2) is 0 Å². The predicted octanol–water partition coefficient (Wildman–Crippen LogP) is 4.45. The van der Waals surface area contributed by atoms with Crippen molar-refractivity contribution in [1.82, 2.24) is 9.78 Å². The number of alkyl halides is 3. The van der Waals surface area contributed by atoms with Crippen LogP contribution in [0.4, 0.5) is 18.9 Å². The van der Waals surface area contributed by atoms with Crippen LogP contribution in [0.5, 0.6) is 0 Å².